The van der Waals surface area contributed by atoms with Gasteiger partial charge in [-0.05, 0) is 189 Å². The Morgan fingerprint density at radius 1 is 0.664 bits per heavy atom. The molecule has 729 valence electrons. The van der Waals surface area contributed by atoms with Gasteiger partial charge in [-0.1, -0.05) is 175 Å². The van der Waals surface area contributed by atoms with Gasteiger partial charge in [0, 0.05) is 38.7 Å². The minimum absolute atomic E-state index is 0.00948. The molecule has 0 bridgehead atoms. The number of carbonyl (C=O) groups is 4. The molecular weight excluding hydrogens is 1720 g/mol. The Balaban J connectivity index is 0.000000807. The van der Waals surface area contributed by atoms with Crippen molar-refractivity contribution in [3.8, 4) is 0 Å². The molecule has 0 aromatic rings. The van der Waals surface area contributed by atoms with Crippen molar-refractivity contribution in [2.45, 2.75) is 395 Å². The number of nitrogens with one attached hydrogen (secondary N) is 5. The van der Waals surface area contributed by atoms with Crippen LogP contribution in [0.2, 0.25) is 37.3 Å². The van der Waals surface area contributed by atoms with Crippen LogP contribution in [0.1, 0.15) is 278 Å². The van der Waals surface area contributed by atoms with Gasteiger partial charge in [0.05, 0.1) is 56.6 Å². The fraction of sp³-hybridized carbons (Fsp3) is 0.933. The van der Waals surface area contributed by atoms with Crippen LogP contribution in [-0.4, -0.2) is 259 Å². The molecule has 22 atom stereocenters. The quantitative estimate of drug-likeness (QED) is 0.0121. The summed E-state index contributed by atoms with van der Waals surface area (Å²) in [5.41, 5.74) is 5.41. The first-order chi connectivity index (χ1) is 60.5. The molecule has 5 aliphatic rings. The molecule has 4 amide bonds. The average molecular weight is 1910 g/mol. The molecular formula is C90H177N8O21PSi4V. The van der Waals surface area contributed by atoms with Crippen LogP contribution >= 0.6 is 8.25 Å². The Hall–Kier alpha value is -1.79. The fourth-order valence-electron chi connectivity index (χ4n) is 14.9. The van der Waals surface area contributed by atoms with Gasteiger partial charge in [0.15, 0.2) is 14.6 Å². The van der Waals surface area contributed by atoms with Crippen molar-refractivity contribution >= 4 is 69.5 Å². The van der Waals surface area contributed by atoms with Gasteiger partial charge in [0.1, 0.15) is 37.8 Å². The van der Waals surface area contributed by atoms with E-state index >= 15 is 0 Å². The van der Waals surface area contributed by atoms with Crippen molar-refractivity contribution in [2.75, 3.05) is 99.1 Å². The van der Waals surface area contributed by atoms with E-state index in [1.165, 1.54) is 36.6 Å². The van der Waals surface area contributed by atoms with E-state index < -0.39 is 73.3 Å². The standard InChI is InChI=1S/C21H40N2O5Si.C20H39NO5Si.C18H35NO5Si.C16H28N3O5P.C15H35NOSi.V/c1-6-16(3)21(5,17(4)7-2)28-29-12-8-10-23-13-18(24)14-26-19-9-11-25-20(19)15-27-22;1-6-16(4)20(5,15(2)3)26-27-12-8-7-10-21-19(23)14-25-17-9-11-24-18(17)13-22;1-6-14(4)18(5,13(2)3)24-25-11-7-9-19-16(20)12-23-15-8-10-22-17(15)21;1-12-14(24-25(21)22)11-15(23-12)19-10-8-13(18-16(19)20)7-5-3-4-6-9-17-2;1-8-13(3)15(5,14(4)9-2)17-18(6,7)12-10-11-16;/h16-17,19-20,23H,6-15H2,1-5H3;15-18,22H,6-14H2,1-5H3,(H,21,23);13-15,17,21H,6-12H2,1-5H3,(H,19,20);8,10,12-15,17H,3-7,9,11H2,1-2H3,(H,18,20);13-14H,8-12,16H2,1-7H3;/i2*11T;10T;;;. The number of nitrogens with two attached hydrogens (primary N) is 1. The zero-order chi connectivity index (χ0) is 96.8. The number of amides is 4. The summed E-state index contributed by atoms with van der Waals surface area (Å²) in [5, 5.41) is 33.6. The van der Waals surface area contributed by atoms with Gasteiger partial charge >= 0.3 is 125 Å². The molecule has 9 N–H and O–H groups in total. The number of rotatable bonds is 63. The molecule has 4 fully saturated rings. The molecule has 5 aliphatic heterocycles. The summed E-state index contributed by atoms with van der Waals surface area (Å²) in [7, 11) is -1.19. The van der Waals surface area contributed by atoms with Crippen molar-refractivity contribution < 1.29 is 120 Å². The second kappa shape index (κ2) is 68.2. The molecule has 29 nitrogen and oxygen atoms in total. The number of urea groups is 1. The van der Waals surface area contributed by atoms with Crippen LogP contribution in [0.5, 0.6) is 0 Å². The van der Waals surface area contributed by atoms with Crippen LogP contribution in [-0.2, 0) is 96.4 Å². The predicted octanol–water partition coefficient (Wildman–Crippen LogP) is 14.0. The second-order valence-electron chi connectivity index (χ2n) is 36.2. The Labute approximate surface area is 780 Å². The van der Waals surface area contributed by atoms with Gasteiger partial charge in [0.2, 0.25) is 41.1 Å². The summed E-state index contributed by atoms with van der Waals surface area (Å²) < 4.78 is 105. The van der Waals surface area contributed by atoms with E-state index in [1.54, 1.807) is 13.1 Å². The third-order valence-electron chi connectivity index (χ3n) is 26.2. The van der Waals surface area contributed by atoms with Gasteiger partial charge < -0.3 is 83.5 Å². The van der Waals surface area contributed by atoms with Crippen LogP contribution in [0.25, 0.3) is 0 Å². The van der Waals surface area contributed by atoms with E-state index in [-0.39, 0.29) is 116 Å². The summed E-state index contributed by atoms with van der Waals surface area (Å²) in [6.45, 7) is 53.1. The number of nitrogens with zero attached hydrogens (tertiary/aromatic N) is 2. The molecule has 0 aromatic carbocycles. The van der Waals surface area contributed by atoms with Crippen molar-refractivity contribution in [2.24, 2.45) is 57.0 Å². The summed E-state index contributed by atoms with van der Waals surface area (Å²) in [6.07, 6.45) is 17.5. The third kappa shape index (κ3) is 47.3. The number of hydrogen-bond acceptors (Lipinski definition) is 25. The molecule has 35 heteroatoms. The van der Waals surface area contributed by atoms with Crippen molar-refractivity contribution in [3.05, 3.63) is 12.3 Å². The molecule has 6 radical (unpaired) electrons. The first-order valence-corrected chi connectivity index (χ1v) is 55.2. The Kier molecular flexibility index (Phi) is 63.1. The molecule has 125 heavy (non-hydrogen) atoms. The number of ketones is 1. The van der Waals surface area contributed by atoms with E-state index in [0.717, 1.165) is 115 Å². The van der Waals surface area contributed by atoms with E-state index in [1.807, 2.05) is 30.4 Å². The van der Waals surface area contributed by atoms with Crippen LogP contribution in [0.15, 0.2) is 16.2 Å². The second-order valence-corrected chi connectivity index (χ2v) is 44.3. The number of carbonyl (C=O) groups excluding carboxylic acids is 4. The monoisotopic (exact) mass is 1910 g/mol. The average Bonchev–Trinajstić information content (AvgIpc) is 1.76. The predicted molar refractivity (Wildman–Crippen MR) is 496 cm³/mol. The van der Waals surface area contributed by atoms with Gasteiger partial charge in [-0.2, -0.15) is 0 Å². The topological polar surface area (TPSA) is 371 Å². The van der Waals surface area contributed by atoms with Crippen molar-refractivity contribution in [1.29, 1.82) is 0 Å². The maximum atomic E-state index is 12.3. The summed E-state index contributed by atoms with van der Waals surface area (Å²) in [5.74, 6) is 3.85. The number of Topliss-reactive ketones (excluding diaryl/α,β-unsaturated/α-hetero) is 1. The van der Waals surface area contributed by atoms with Crippen molar-refractivity contribution in [1.82, 2.24) is 31.5 Å². The minimum atomic E-state index is -2.93. The number of unbranched alkanes of at least 4 members (excludes halogenated alkanes) is 4. The molecule has 0 aliphatic carbocycles. The number of aliphatic hydroxyl groups is 2. The zero-order valence-corrected chi connectivity index (χ0v) is 87.8. The van der Waals surface area contributed by atoms with Crippen LogP contribution in [0.3, 0.4) is 0 Å². The largest absolute Gasteiger partial charge is 0.412 e. The Morgan fingerprint density at radius 2 is 1.13 bits per heavy atom. The Morgan fingerprint density at radius 3 is 1.62 bits per heavy atom. The summed E-state index contributed by atoms with van der Waals surface area (Å²) in [6, 6.07) is 3.91. The maximum absolute atomic E-state index is 12.3. The van der Waals surface area contributed by atoms with E-state index in [0.29, 0.717) is 109 Å². The van der Waals surface area contributed by atoms with Crippen LogP contribution in [0.4, 0.5) is 4.79 Å². The SMILES string of the molecule is CCC(C)C(C)(O[Si](C)(C)CCCN)C(C)CC.CNCCCCCCC1C=CN(C2CC(O[P+](=O)[O-])C(C)O2)C(=O)N1.[3H]C1CC(OCC(=O)CNCCC[Si]OC(C)(C(C)CC)C(C)CC)C(CO[N]=[V])O1.[3H]C1CC(OCC(=O)NCCCC[Si]OC(C)(C(C)C)C(C)CC)C(CO)O1.[3H]C1CC(OCC(=O)NCCC[Si]OC(C)(C(C)C)C(C)CC)C(O)O1. The molecule has 4 saturated heterocycles. The maximum Gasteiger partial charge on any atom is 0.246 e. The van der Waals surface area contributed by atoms with Gasteiger partial charge in [-0.15, -0.1) is 4.52 Å². The van der Waals surface area contributed by atoms with Gasteiger partial charge in [0.25, 0.3) is 0 Å². The number of ether oxygens (including phenoxy) is 7. The normalized spacial score (nSPS) is 26.3. The van der Waals surface area contributed by atoms with Gasteiger partial charge in [-0.3, -0.25) is 14.5 Å². The van der Waals surface area contributed by atoms with Crippen molar-refractivity contribution in [3.63, 3.8) is 0 Å². The minimum Gasteiger partial charge on any atom is -0.412 e. The van der Waals surface area contributed by atoms with E-state index in [9.17, 15) is 38.8 Å². The molecule has 0 aromatic heterocycles. The zero-order valence-electron chi connectivity index (χ0n) is 84.5. The number of hydrogen-bond donors (Lipinski definition) is 8. The van der Waals surface area contributed by atoms with Crippen LogP contribution in [0, 0.1) is 47.3 Å². The summed E-state index contributed by atoms with van der Waals surface area (Å²) in [4.78, 5) is 65.2. The summed E-state index contributed by atoms with van der Waals surface area (Å²) >= 11 is 1.97. The van der Waals surface area contributed by atoms with Crippen LogP contribution < -0.4 is 37.2 Å². The van der Waals surface area contributed by atoms with E-state index in [2.05, 4.69) is 182 Å². The fourth-order valence-corrected chi connectivity index (χ4v) is 21.8. The smallest absolute Gasteiger partial charge is 0.246 e. The molecule has 5 heterocycles. The molecule has 22 unspecified atom stereocenters. The number of aliphatic hydroxyl groups excluding tert-OH is 2. The third-order valence-corrected chi connectivity index (χ3v) is 32.8. The molecule has 5 rings (SSSR count). The first kappa shape index (κ1) is 116. The van der Waals surface area contributed by atoms with Gasteiger partial charge in [-0.25, -0.2) is 4.79 Å². The first-order valence-electron chi connectivity index (χ1n) is 48.8. The Bertz CT molecular complexity index is 3000. The molecule has 0 spiro atoms. The van der Waals surface area contributed by atoms with E-state index in [4.69, 9.17) is 70.1 Å². The molecule has 0 saturated carbocycles.